The monoisotopic (exact) mass is 427 g/mol. The molecule has 0 radical (unpaired) electrons. The summed E-state index contributed by atoms with van der Waals surface area (Å²) < 4.78 is 31.8. The third-order valence-electron chi connectivity index (χ3n) is 4.96. The molecule has 0 aromatic heterocycles. The van der Waals surface area contributed by atoms with Gasteiger partial charge < -0.3 is 10.5 Å². The van der Waals surface area contributed by atoms with Crippen molar-refractivity contribution in [3.8, 4) is 0 Å². The molecule has 2 N–H and O–H groups in total. The predicted molar refractivity (Wildman–Crippen MR) is 105 cm³/mol. The molecule has 1 fully saturated rings. The summed E-state index contributed by atoms with van der Waals surface area (Å²) in [4.78, 5) is 12.8. The highest BCUT2D eigenvalue weighted by Gasteiger charge is 2.75. The van der Waals surface area contributed by atoms with Crippen molar-refractivity contribution in [3.05, 3.63) is 64.1 Å². The highest BCUT2D eigenvalue weighted by atomic mass is 35.5. The van der Waals surface area contributed by atoms with Crippen LogP contribution in [0.2, 0.25) is 10.0 Å². The molecule has 2 aromatic rings. The number of hydrogen-bond donors (Lipinski definition) is 1. The number of nitrogens with two attached hydrogens (primary N) is 1. The van der Waals surface area contributed by atoms with Gasteiger partial charge in [-0.25, -0.2) is 8.42 Å². The molecule has 27 heavy (non-hydrogen) atoms. The van der Waals surface area contributed by atoms with Gasteiger partial charge in [0.15, 0.2) is 9.84 Å². The quantitative estimate of drug-likeness (QED) is 0.713. The molecule has 3 atom stereocenters. The summed E-state index contributed by atoms with van der Waals surface area (Å²) in [6.07, 6.45) is 0. The molecule has 8 heteroatoms. The van der Waals surface area contributed by atoms with E-state index in [-0.39, 0.29) is 18.0 Å². The molecule has 0 saturated heterocycles. The Kier molecular flexibility index (Phi) is 5.54. The van der Waals surface area contributed by atoms with Crippen molar-refractivity contribution in [1.82, 2.24) is 0 Å². The van der Waals surface area contributed by atoms with Gasteiger partial charge in [-0.2, -0.15) is 0 Å². The highest BCUT2D eigenvalue weighted by molar-refractivity contribution is 7.92. The van der Waals surface area contributed by atoms with Crippen molar-refractivity contribution in [2.45, 2.75) is 23.0 Å². The lowest BCUT2D eigenvalue weighted by atomic mass is 9.99. The fourth-order valence-electron chi connectivity index (χ4n) is 3.61. The van der Waals surface area contributed by atoms with E-state index in [1.54, 1.807) is 31.2 Å². The number of benzene rings is 2. The summed E-state index contributed by atoms with van der Waals surface area (Å²) in [7, 11) is -3.85. The SMILES string of the molecule is CCOC(=O)[C@@]1(CN)[C@H](c2ccc(Cl)cc2)[C@@H]1S(=O)(=O)c1ccc(Cl)cc1. The molecule has 0 amide bonds. The first-order valence-corrected chi connectivity index (χ1v) is 10.7. The molecular weight excluding hydrogens is 409 g/mol. The number of carbonyl (C=O) groups excluding carboxylic acids is 1. The van der Waals surface area contributed by atoms with Gasteiger partial charge in [-0.1, -0.05) is 35.3 Å². The van der Waals surface area contributed by atoms with Crippen LogP contribution in [0.1, 0.15) is 18.4 Å². The number of esters is 1. The van der Waals surface area contributed by atoms with Gasteiger partial charge in [0, 0.05) is 22.5 Å². The van der Waals surface area contributed by atoms with Crippen molar-refractivity contribution in [3.63, 3.8) is 0 Å². The molecule has 3 rings (SSSR count). The normalized spacial score (nSPS) is 24.4. The molecule has 0 unspecified atom stereocenters. The lowest BCUT2D eigenvalue weighted by Crippen LogP contribution is -2.33. The largest absolute Gasteiger partial charge is 0.465 e. The van der Waals surface area contributed by atoms with Crippen molar-refractivity contribution >= 4 is 39.0 Å². The van der Waals surface area contributed by atoms with Gasteiger partial charge in [-0.3, -0.25) is 4.79 Å². The standard InChI is InChI=1S/C19H19Cl2NO4S/c1-2-26-18(23)19(11-22)16(12-3-5-13(20)6-4-12)17(19)27(24,25)15-9-7-14(21)8-10-15/h3-10,16-17H,2,11,22H2,1H3/t16-,17+,19+/m1/s1. The van der Waals surface area contributed by atoms with Gasteiger partial charge in [0.25, 0.3) is 0 Å². The van der Waals surface area contributed by atoms with E-state index < -0.39 is 32.4 Å². The van der Waals surface area contributed by atoms with Gasteiger partial charge in [-0.05, 0) is 48.9 Å². The van der Waals surface area contributed by atoms with E-state index in [4.69, 9.17) is 33.7 Å². The van der Waals surface area contributed by atoms with Gasteiger partial charge in [0.1, 0.15) is 5.41 Å². The molecule has 0 bridgehead atoms. The zero-order chi connectivity index (χ0) is 19.8. The molecule has 0 heterocycles. The third kappa shape index (κ3) is 3.36. The molecule has 1 saturated carbocycles. The zero-order valence-electron chi connectivity index (χ0n) is 14.6. The first kappa shape index (κ1) is 20.1. The van der Waals surface area contributed by atoms with E-state index >= 15 is 0 Å². The second kappa shape index (κ2) is 7.43. The fourth-order valence-corrected chi connectivity index (χ4v) is 6.24. The first-order chi connectivity index (χ1) is 12.8. The lowest BCUT2D eigenvalue weighted by molar-refractivity contribution is -0.149. The second-order valence-corrected chi connectivity index (χ2v) is 9.36. The minimum absolute atomic E-state index is 0.0930. The van der Waals surface area contributed by atoms with Crippen LogP contribution in [0, 0.1) is 5.41 Å². The summed E-state index contributed by atoms with van der Waals surface area (Å²) in [5.41, 5.74) is 5.28. The Morgan fingerprint density at radius 2 is 1.59 bits per heavy atom. The molecular formula is C19H19Cl2NO4S. The van der Waals surface area contributed by atoms with Crippen molar-refractivity contribution in [2.75, 3.05) is 13.2 Å². The Balaban J connectivity index is 2.10. The molecule has 144 valence electrons. The maximum Gasteiger partial charge on any atom is 0.315 e. The van der Waals surface area contributed by atoms with Gasteiger partial charge in [0.2, 0.25) is 0 Å². The maximum atomic E-state index is 13.3. The van der Waals surface area contributed by atoms with Crippen LogP contribution in [0.15, 0.2) is 53.4 Å². The number of halogens is 2. The Bertz CT molecular complexity index is 945. The summed E-state index contributed by atoms with van der Waals surface area (Å²) in [6, 6.07) is 12.6. The highest BCUT2D eigenvalue weighted by Crippen LogP contribution is 2.64. The summed E-state index contributed by atoms with van der Waals surface area (Å²) in [5.74, 6) is -1.21. The number of rotatable bonds is 6. The molecule has 0 spiro atoms. The van der Waals surface area contributed by atoms with E-state index in [2.05, 4.69) is 0 Å². The van der Waals surface area contributed by atoms with E-state index in [0.29, 0.717) is 15.6 Å². The fraction of sp³-hybridized carbons (Fsp3) is 0.316. The Morgan fingerprint density at radius 1 is 1.07 bits per heavy atom. The summed E-state index contributed by atoms with van der Waals surface area (Å²) in [5, 5.41) is -0.0723. The first-order valence-electron chi connectivity index (χ1n) is 8.41. The van der Waals surface area contributed by atoms with Crippen LogP contribution in [0.25, 0.3) is 0 Å². The second-order valence-electron chi connectivity index (χ2n) is 6.41. The van der Waals surface area contributed by atoms with E-state index in [1.807, 2.05) is 0 Å². The zero-order valence-corrected chi connectivity index (χ0v) is 16.9. The minimum Gasteiger partial charge on any atom is -0.465 e. The average Bonchev–Trinajstić information content (AvgIpc) is 3.34. The topological polar surface area (TPSA) is 86.5 Å². The maximum absolute atomic E-state index is 13.3. The van der Waals surface area contributed by atoms with Crippen LogP contribution >= 0.6 is 23.2 Å². The van der Waals surface area contributed by atoms with Crippen molar-refractivity contribution < 1.29 is 17.9 Å². The minimum atomic E-state index is -3.85. The lowest BCUT2D eigenvalue weighted by Gasteiger charge is -2.14. The molecule has 1 aliphatic carbocycles. The van der Waals surface area contributed by atoms with Gasteiger partial charge in [-0.15, -0.1) is 0 Å². The average molecular weight is 428 g/mol. The van der Waals surface area contributed by atoms with Crippen LogP contribution in [0.3, 0.4) is 0 Å². The summed E-state index contributed by atoms with van der Waals surface area (Å²) in [6.45, 7) is 1.67. The van der Waals surface area contributed by atoms with E-state index in [0.717, 1.165) is 0 Å². The van der Waals surface area contributed by atoms with E-state index in [9.17, 15) is 13.2 Å². The Labute approximate surface area is 168 Å². The molecule has 0 aliphatic heterocycles. The Morgan fingerprint density at radius 3 is 2.07 bits per heavy atom. The van der Waals surface area contributed by atoms with Crippen LogP contribution in [-0.2, 0) is 19.4 Å². The Hall–Kier alpha value is -1.60. The predicted octanol–water partition coefficient (Wildman–Crippen LogP) is 3.44. The number of hydrogen-bond acceptors (Lipinski definition) is 5. The number of sulfone groups is 1. The van der Waals surface area contributed by atoms with Crippen molar-refractivity contribution in [2.24, 2.45) is 11.1 Å². The van der Waals surface area contributed by atoms with Gasteiger partial charge >= 0.3 is 5.97 Å². The van der Waals surface area contributed by atoms with E-state index in [1.165, 1.54) is 24.3 Å². The van der Waals surface area contributed by atoms with Crippen LogP contribution < -0.4 is 5.73 Å². The number of carbonyl (C=O) groups is 1. The van der Waals surface area contributed by atoms with Gasteiger partial charge in [0.05, 0.1) is 16.8 Å². The summed E-state index contributed by atoms with van der Waals surface area (Å²) >= 11 is 11.8. The van der Waals surface area contributed by atoms with Crippen LogP contribution in [0.5, 0.6) is 0 Å². The molecule has 5 nitrogen and oxygen atoms in total. The third-order valence-corrected chi connectivity index (χ3v) is 7.75. The van der Waals surface area contributed by atoms with Crippen LogP contribution in [0.4, 0.5) is 0 Å². The molecule has 2 aromatic carbocycles. The molecule has 1 aliphatic rings. The number of ether oxygens (including phenoxy) is 1. The van der Waals surface area contributed by atoms with Crippen molar-refractivity contribution in [1.29, 1.82) is 0 Å². The smallest absolute Gasteiger partial charge is 0.315 e. The van der Waals surface area contributed by atoms with Crippen LogP contribution in [-0.4, -0.2) is 32.8 Å².